The van der Waals surface area contributed by atoms with Crippen molar-refractivity contribution in [2.24, 2.45) is 0 Å². The van der Waals surface area contributed by atoms with Crippen molar-refractivity contribution in [3.63, 3.8) is 0 Å². The molecule has 1 nitrogen and oxygen atoms in total. The van der Waals surface area contributed by atoms with Gasteiger partial charge < -0.3 is 0 Å². The van der Waals surface area contributed by atoms with Crippen molar-refractivity contribution in [2.45, 2.75) is 6.42 Å². The van der Waals surface area contributed by atoms with E-state index >= 15 is 0 Å². The summed E-state index contributed by atoms with van der Waals surface area (Å²) in [5.74, 6) is -0.346. The molecule has 2 rings (SSSR count). The lowest BCUT2D eigenvalue weighted by molar-refractivity contribution is 0.104. The van der Waals surface area contributed by atoms with Crippen LogP contribution in [0.2, 0.25) is 0 Å². The maximum Gasteiger partial charge on any atom is 0.189 e. The molecule has 0 aliphatic heterocycles. The normalized spacial score (nSPS) is 15.1. The van der Waals surface area contributed by atoms with E-state index in [-0.39, 0.29) is 11.6 Å². The molecular weight excluding hydrogens is 155 g/mol. The van der Waals surface area contributed by atoms with E-state index in [1.807, 2.05) is 0 Å². The van der Waals surface area contributed by atoms with Gasteiger partial charge in [-0.15, -0.1) is 0 Å². The van der Waals surface area contributed by atoms with Crippen LogP contribution in [-0.2, 0) is 6.42 Å². The fourth-order valence-corrected chi connectivity index (χ4v) is 1.43. The van der Waals surface area contributed by atoms with Gasteiger partial charge >= 0.3 is 0 Å². The zero-order chi connectivity index (χ0) is 8.72. The Morgan fingerprint density at radius 3 is 2.92 bits per heavy atom. The molecule has 0 radical (unpaired) electrons. The predicted octanol–water partition coefficient (Wildman–Crippen LogP) is 2.12. The zero-order valence-electron chi connectivity index (χ0n) is 6.43. The van der Waals surface area contributed by atoms with Crippen LogP contribution in [0.3, 0.4) is 0 Å². The van der Waals surface area contributed by atoms with Gasteiger partial charge in [0.1, 0.15) is 5.82 Å². The summed E-state index contributed by atoms with van der Waals surface area (Å²) in [6.45, 7) is 3.61. The molecule has 0 unspecified atom stereocenters. The smallest absolute Gasteiger partial charge is 0.189 e. The predicted molar refractivity (Wildman–Crippen MR) is 43.6 cm³/mol. The Balaban J connectivity index is 2.62. The number of carbonyl (C=O) groups is 1. The molecule has 0 amide bonds. The van der Waals surface area contributed by atoms with E-state index in [0.717, 1.165) is 5.56 Å². The van der Waals surface area contributed by atoms with Crippen molar-refractivity contribution >= 4 is 5.78 Å². The van der Waals surface area contributed by atoms with Crippen LogP contribution < -0.4 is 0 Å². The minimum absolute atomic E-state index is 0.0509. The summed E-state index contributed by atoms with van der Waals surface area (Å²) < 4.78 is 12.7. The topological polar surface area (TPSA) is 17.1 Å². The van der Waals surface area contributed by atoms with E-state index in [1.165, 1.54) is 18.2 Å². The Hall–Kier alpha value is -1.44. The highest BCUT2D eigenvalue weighted by atomic mass is 19.1. The fourth-order valence-electron chi connectivity index (χ4n) is 1.43. The third-order valence-electron chi connectivity index (χ3n) is 2.04. The Bertz CT molecular complexity index is 379. The van der Waals surface area contributed by atoms with Crippen molar-refractivity contribution in [2.75, 3.05) is 0 Å². The van der Waals surface area contributed by atoms with Crippen molar-refractivity contribution in [3.05, 3.63) is 47.3 Å². The molecule has 1 aromatic carbocycles. The summed E-state index contributed by atoms with van der Waals surface area (Å²) in [6, 6.07) is 4.21. The van der Waals surface area contributed by atoms with Crippen LogP contribution >= 0.6 is 0 Å². The lowest BCUT2D eigenvalue weighted by Crippen LogP contribution is -1.93. The van der Waals surface area contributed by atoms with Crippen LogP contribution in [0.15, 0.2) is 30.4 Å². The molecule has 0 spiro atoms. The Morgan fingerprint density at radius 1 is 1.42 bits per heavy atom. The van der Waals surface area contributed by atoms with E-state index in [0.29, 0.717) is 17.6 Å². The van der Waals surface area contributed by atoms with Crippen molar-refractivity contribution in [3.8, 4) is 0 Å². The molecule has 0 atom stereocenters. The van der Waals surface area contributed by atoms with Gasteiger partial charge in [-0.2, -0.15) is 0 Å². The van der Waals surface area contributed by atoms with Crippen LogP contribution in [0, 0.1) is 5.82 Å². The second kappa shape index (κ2) is 2.27. The minimum atomic E-state index is -0.295. The summed E-state index contributed by atoms with van der Waals surface area (Å²) in [7, 11) is 0. The maximum atomic E-state index is 12.7. The van der Waals surface area contributed by atoms with Gasteiger partial charge in [0.05, 0.1) is 0 Å². The highest BCUT2D eigenvalue weighted by molar-refractivity contribution is 6.12. The first-order valence-electron chi connectivity index (χ1n) is 3.69. The van der Waals surface area contributed by atoms with Gasteiger partial charge in [0, 0.05) is 12.0 Å². The number of allylic oxidation sites excluding steroid dienone is 1. The van der Waals surface area contributed by atoms with Crippen molar-refractivity contribution < 1.29 is 9.18 Å². The first-order chi connectivity index (χ1) is 5.68. The van der Waals surface area contributed by atoms with E-state index in [2.05, 4.69) is 6.58 Å². The van der Waals surface area contributed by atoms with Gasteiger partial charge in [0.2, 0.25) is 0 Å². The first-order valence-corrected chi connectivity index (χ1v) is 3.69. The molecule has 12 heavy (non-hydrogen) atoms. The lowest BCUT2D eigenvalue weighted by Gasteiger charge is -1.94. The number of hydrogen-bond acceptors (Lipinski definition) is 1. The Morgan fingerprint density at radius 2 is 2.17 bits per heavy atom. The second-order valence-corrected chi connectivity index (χ2v) is 2.91. The van der Waals surface area contributed by atoms with Crippen LogP contribution in [0.4, 0.5) is 4.39 Å². The van der Waals surface area contributed by atoms with Gasteiger partial charge in [-0.3, -0.25) is 4.79 Å². The summed E-state index contributed by atoms with van der Waals surface area (Å²) in [5.41, 5.74) is 1.90. The molecule has 0 heterocycles. The molecule has 0 aromatic heterocycles. The molecule has 0 N–H and O–H groups in total. The second-order valence-electron chi connectivity index (χ2n) is 2.91. The third kappa shape index (κ3) is 0.881. The fraction of sp³-hybridized carbons (Fsp3) is 0.100. The number of halogens is 1. The molecule has 0 fully saturated rings. The van der Waals surface area contributed by atoms with Crippen LogP contribution in [0.5, 0.6) is 0 Å². The Labute approximate surface area is 69.5 Å². The molecule has 0 bridgehead atoms. The third-order valence-corrected chi connectivity index (χ3v) is 2.04. The average molecular weight is 162 g/mol. The number of benzene rings is 1. The minimum Gasteiger partial charge on any atom is -0.289 e. The van der Waals surface area contributed by atoms with Gasteiger partial charge in [-0.05, 0) is 29.3 Å². The van der Waals surface area contributed by atoms with E-state index in [1.54, 1.807) is 0 Å². The molecule has 0 saturated carbocycles. The summed E-state index contributed by atoms with van der Waals surface area (Å²) in [6.07, 6.45) is 0.492. The zero-order valence-corrected chi connectivity index (χ0v) is 6.43. The van der Waals surface area contributed by atoms with Crippen LogP contribution in [0.25, 0.3) is 0 Å². The number of ketones is 1. The van der Waals surface area contributed by atoms with E-state index < -0.39 is 0 Å². The quantitative estimate of drug-likeness (QED) is 0.534. The number of hydrogen-bond donors (Lipinski definition) is 0. The molecule has 1 aromatic rings. The molecule has 60 valence electrons. The molecule has 2 heteroatoms. The number of carbonyl (C=O) groups excluding carboxylic acids is 1. The van der Waals surface area contributed by atoms with Gasteiger partial charge in [0.15, 0.2) is 5.78 Å². The average Bonchev–Trinajstić information content (AvgIpc) is 2.28. The highest BCUT2D eigenvalue weighted by Crippen LogP contribution is 2.25. The lowest BCUT2D eigenvalue weighted by atomic mass is 10.1. The molecular formula is C10H7FO. The number of Topliss-reactive ketones (excluding diaryl/α,β-unsaturated/α-hetero) is 1. The molecule has 1 aliphatic rings. The molecule has 1 aliphatic carbocycles. The SMILES string of the molecule is C=C1Cc2cc(F)ccc2C1=O. The van der Waals surface area contributed by atoms with Crippen molar-refractivity contribution in [1.82, 2.24) is 0 Å². The van der Waals surface area contributed by atoms with Crippen LogP contribution in [0.1, 0.15) is 15.9 Å². The van der Waals surface area contributed by atoms with Gasteiger partial charge in [-0.1, -0.05) is 6.58 Å². The largest absolute Gasteiger partial charge is 0.289 e. The summed E-state index contributed by atoms with van der Waals surface area (Å²) in [5, 5.41) is 0. The summed E-state index contributed by atoms with van der Waals surface area (Å²) >= 11 is 0. The highest BCUT2D eigenvalue weighted by Gasteiger charge is 2.22. The first kappa shape index (κ1) is 7.22. The standard InChI is InChI=1S/C10H7FO/c1-6-4-7-5-8(11)2-3-9(7)10(6)12/h2-3,5H,1,4H2. The van der Waals surface area contributed by atoms with E-state index in [4.69, 9.17) is 0 Å². The monoisotopic (exact) mass is 162 g/mol. The maximum absolute atomic E-state index is 12.7. The van der Waals surface area contributed by atoms with Gasteiger partial charge in [-0.25, -0.2) is 4.39 Å². The van der Waals surface area contributed by atoms with Crippen molar-refractivity contribution in [1.29, 1.82) is 0 Å². The molecule has 0 saturated heterocycles. The van der Waals surface area contributed by atoms with E-state index in [9.17, 15) is 9.18 Å². The Kier molecular flexibility index (Phi) is 1.37. The summed E-state index contributed by atoms with van der Waals surface area (Å²) in [4.78, 5) is 11.3. The number of fused-ring (bicyclic) bond motifs is 1. The van der Waals surface area contributed by atoms with Crippen LogP contribution in [-0.4, -0.2) is 5.78 Å². The van der Waals surface area contributed by atoms with Gasteiger partial charge in [0.25, 0.3) is 0 Å². The number of rotatable bonds is 0.